The van der Waals surface area contributed by atoms with Crippen LogP contribution in [0.5, 0.6) is 5.75 Å². The smallest absolute Gasteiger partial charge is 0.124 e. The molecule has 104 valence electrons. The van der Waals surface area contributed by atoms with Gasteiger partial charge in [0.2, 0.25) is 0 Å². The van der Waals surface area contributed by atoms with Gasteiger partial charge in [-0.05, 0) is 17.2 Å². The lowest BCUT2D eigenvalue weighted by atomic mass is 10.1. The van der Waals surface area contributed by atoms with Crippen molar-refractivity contribution in [3.05, 3.63) is 65.2 Å². The van der Waals surface area contributed by atoms with E-state index in [9.17, 15) is 0 Å². The Morgan fingerprint density at radius 3 is 2.90 bits per heavy atom. The zero-order valence-electron chi connectivity index (χ0n) is 11.6. The summed E-state index contributed by atoms with van der Waals surface area (Å²) in [6.45, 7) is 2.19. The minimum absolute atomic E-state index is 0.275. The largest absolute Gasteiger partial charge is 0.491 e. The average Bonchev–Trinajstić information content (AvgIpc) is 2.89. The molecule has 1 heterocycles. The molecule has 0 saturated carbocycles. The van der Waals surface area contributed by atoms with Crippen LogP contribution in [0.4, 0.5) is 0 Å². The molecule has 1 N–H and O–H groups in total. The van der Waals surface area contributed by atoms with E-state index in [2.05, 4.69) is 41.7 Å². The molecule has 20 heavy (non-hydrogen) atoms. The second kappa shape index (κ2) is 6.07. The first-order valence-corrected chi connectivity index (χ1v) is 6.88. The standard InChI is InChI=1S/C17H19NO2/c1-19-11-14-6-4-5-13(9-14)10-18-16-12-20-17-8-3-2-7-15(16)17/h2-9,16,18H,10-12H2,1H3. The number of benzene rings is 2. The summed E-state index contributed by atoms with van der Waals surface area (Å²) in [6.07, 6.45) is 0. The molecule has 3 heteroatoms. The summed E-state index contributed by atoms with van der Waals surface area (Å²) in [6, 6.07) is 17.0. The van der Waals surface area contributed by atoms with Crippen molar-refractivity contribution in [1.29, 1.82) is 0 Å². The number of rotatable bonds is 5. The quantitative estimate of drug-likeness (QED) is 0.905. The van der Waals surface area contributed by atoms with Gasteiger partial charge in [0.25, 0.3) is 0 Å². The first-order valence-electron chi connectivity index (χ1n) is 6.88. The zero-order valence-corrected chi connectivity index (χ0v) is 11.6. The maximum atomic E-state index is 5.68. The average molecular weight is 269 g/mol. The van der Waals surface area contributed by atoms with Gasteiger partial charge in [-0.2, -0.15) is 0 Å². The Hall–Kier alpha value is -1.84. The molecule has 0 aromatic heterocycles. The summed E-state index contributed by atoms with van der Waals surface area (Å²) in [5.74, 6) is 0.998. The maximum absolute atomic E-state index is 5.68. The molecule has 2 aromatic rings. The third-order valence-corrected chi connectivity index (χ3v) is 3.55. The minimum atomic E-state index is 0.275. The van der Waals surface area contributed by atoms with Gasteiger partial charge in [-0.1, -0.05) is 42.5 Å². The molecule has 0 amide bonds. The molecule has 0 spiro atoms. The van der Waals surface area contributed by atoms with Crippen LogP contribution >= 0.6 is 0 Å². The Balaban J connectivity index is 1.64. The highest BCUT2D eigenvalue weighted by Crippen LogP contribution is 2.31. The highest BCUT2D eigenvalue weighted by molar-refractivity contribution is 5.39. The second-order valence-corrected chi connectivity index (χ2v) is 5.04. The lowest BCUT2D eigenvalue weighted by Gasteiger charge is -2.12. The fraction of sp³-hybridized carbons (Fsp3) is 0.294. The van der Waals surface area contributed by atoms with Gasteiger partial charge in [0, 0.05) is 19.2 Å². The van der Waals surface area contributed by atoms with E-state index in [1.165, 1.54) is 16.7 Å². The van der Waals surface area contributed by atoms with E-state index < -0.39 is 0 Å². The highest BCUT2D eigenvalue weighted by atomic mass is 16.5. The van der Waals surface area contributed by atoms with Gasteiger partial charge >= 0.3 is 0 Å². The molecule has 1 atom stereocenters. The van der Waals surface area contributed by atoms with E-state index in [1.807, 2.05) is 12.1 Å². The molecular formula is C17H19NO2. The van der Waals surface area contributed by atoms with E-state index >= 15 is 0 Å². The van der Waals surface area contributed by atoms with Crippen LogP contribution in [0.2, 0.25) is 0 Å². The molecule has 1 aliphatic rings. The van der Waals surface area contributed by atoms with Crippen molar-refractivity contribution < 1.29 is 9.47 Å². The van der Waals surface area contributed by atoms with E-state index in [1.54, 1.807) is 7.11 Å². The van der Waals surface area contributed by atoms with Crippen molar-refractivity contribution in [1.82, 2.24) is 5.32 Å². The monoisotopic (exact) mass is 269 g/mol. The fourth-order valence-electron chi connectivity index (χ4n) is 2.57. The third kappa shape index (κ3) is 2.84. The van der Waals surface area contributed by atoms with Gasteiger partial charge < -0.3 is 14.8 Å². The van der Waals surface area contributed by atoms with Crippen molar-refractivity contribution in [2.24, 2.45) is 0 Å². The predicted molar refractivity (Wildman–Crippen MR) is 78.7 cm³/mol. The van der Waals surface area contributed by atoms with Gasteiger partial charge in [0.1, 0.15) is 12.4 Å². The third-order valence-electron chi connectivity index (χ3n) is 3.55. The molecule has 2 aromatic carbocycles. The molecule has 0 saturated heterocycles. The van der Waals surface area contributed by atoms with E-state index in [0.717, 1.165) is 12.3 Å². The van der Waals surface area contributed by atoms with Crippen molar-refractivity contribution in [3.63, 3.8) is 0 Å². The first-order chi connectivity index (χ1) is 9.86. The Morgan fingerprint density at radius 2 is 2.00 bits per heavy atom. The number of ether oxygens (including phenoxy) is 2. The SMILES string of the molecule is COCc1cccc(CNC2COc3ccccc32)c1. The molecule has 3 nitrogen and oxygen atoms in total. The number of nitrogens with one attached hydrogen (secondary N) is 1. The van der Waals surface area contributed by atoms with Crippen LogP contribution in [0.25, 0.3) is 0 Å². The first kappa shape index (κ1) is 13.2. The van der Waals surface area contributed by atoms with Crippen LogP contribution in [-0.2, 0) is 17.9 Å². The van der Waals surface area contributed by atoms with Crippen molar-refractivity contribution in [3.8, 4) is 5.75 Å². The molecule has 0 aliphatic carbocycles. The van der Waals surface area contributed by atoms with E-state index in [-0.39, 0.29) is 6.04 Å². The van der Waals surface area contributed by atoms with Crippen LogP contribution in [0, 0.1) is 0 Å². The van der Waals surface area contributed by atoms with Crippen LogP contribution in [0.15, 0.2) is 48.5 Å². The summed E-state index contributed by atoms with van der Waals surface area (Å²) in [7, 11) is 1.72. The van der Waals surface area contributed by atoms with Crippen molar-refractivity contribution in [2.45, 2.75) is 19.2 Å². The van der Waals surface area contributed by atoms with E-state index in [4.69, 9.17) is 9.47 Å². The van der Waals surface area contributed by atoms with Crippen LogP contribution < -0.4 is 10.1 Å². The summed E-state index contributed by atoms with van der Waals surface area (Å²) in [4.78, 5) is 0. The van der Waals surface area contributed by atoms with Gasteiger partial charge in [-0.15, -0.1) is 0 Å². The van der Waals surface area contributed by atoms with E-state index in [0.29, 0.717) is 13.2 Å². The number of para-hydroxylation sites is 1. The highest BCUT2D eigenvalue weighted by Gasteiger charge is 2.22. The van der Waals surface area contributed by atoms with Crippen molar-refractivity contribution in [2.75, 3.05) is 13.7 Å². The zero-order chi connectivity index (χ0) is 13.8. The summed E-state index contributed by atoms with van der Waals surface area (Å²) in [5, 5.41) is 3.56. The second-order valence-electron chi connectivity index (χ2n) is 5.04. The Morgan fingerprint density at radius 1 is 1.15 bits per heavy atom. The molecule has 1 unspecified atom stereocenters. The van der Waals surface area contributed by atoms with Crippen LogP contribution in [-0.4, -0.2) is 13.7 Å². The molecular weight excluding hydrogens is 250 g/mol. The predicted octanol–water partition coefficient (Wildman–Crippen LogP) is 3.06. The van der Waals surface area contributed by atoms with Gasteiger partial charge in [-0.25, -0.2) is 0 Å². The number of fused-ring (bicyclic) bond motifs is 1. The van der Waals surface area contributed by atoms with Crippen molar-refractivity contribution >= 4 is 0 Å². The summed E-state index contributed by atoms with van der Waals surface area (Å²) >= 11 is 0. The molecule has 0 bridgehead atoms. The topological polar surface area (TPSA) is 30.5 Å². The normalized spacial score (nSPS) is 16.8. The Bertz CT molecular complexity index is 583. The summed E-state index contributed by atoms with van der Waals surface area (Å²) < 4.78 is 10.8. The van der Waals surface area contributed by atoms with Gasteiger partial charge in [-0.3, -0.25) is 0 Å². The lowest BCUT2D eigenvalue weighted by Crippen LogP contribution is -2.22. The van der Waals surface area contributed by atoms with Gasteiger partial charge in [0.15, 0.2) is 0 Å². The van der Waals surface area contributed by atoms with Gasteiger partial charge in [0.05, 0.1) is 12.6 Å². The number of methoxy groups -OCH3 is 1. The molecule has 0 fully saturated rings. The summed E-state index contributed by atoms with van der Waals surface area (Å²) in [5.41, 5.74) is 3.72. The number of hydrogen-bond acceptors (Lipinski definition) is 3. The molecule has 1 aliphatic heterocycles. The van der Waals surface area contributed by atoms with Crippen LogP contribution in [0.3, 0.4) is 0 Å². The Kier molecular flexibility index (Phi) is 4.00. The Labute approximate surface area is 119 Å². The lowest BCUT2D eigenvalue weighted by molar-refractivity contribution is 0.185. The molecule has 0 radical (unpaired) electrons. The molecule has 3 rings (SSSR count). The maximum Gasteiger partial charge on any atom is 0.124 e. The fourth-order valence-corrected chi connectivity index (χ4v) is 2.57. The number of hydrogen-bond donors (Lipinski definition) is 1. The van der Waals surface area contributed by atoms with Crippen LogP contribution in [0.1, 0.15) is 22.7 Å². The minimum Gasteiger partial charge on any atom is -0.491 e.